The normalized spacial score (nSPS) is 13.0. The number of alkyl halides is 6. The summed E-state index contributed by atoms with van der Waals surface area (Å²) >= 11 is 24.5. The van der Waals surface area contributed by atoms with Crippen LogP contribution in [-0.2, 0) is 14.4 Å². The molecule has 1 amide bonds. The number of carbonyl (C=O) groups excluding carboxylic acids is 1. The van der Waals surface area contributed by atoms with Gasteiger partial charge >= 0.3 is 24.3 Å². The van der Waals surface area contributed by atoms with E-state index in [2.05, 4.69) is 55.6 Å². The minimum atomic E-state index is -5.08. The first-order valence-corrected chi connectivity index (χ1v) is 21.7. The number of amides is 1. The Morgan fingerprint density at radius 1 is 0.667 bits per heavy atom. The average molecular weight is 1090 g/mol. The zero-order chi connectivity index (χ0) is 53.5. The Morgan fingerprint density at radius 2 is 1.06 bits per heavy atom. The number of anilines is 4. The monoisotopic (exact) mass is 1090 g/mol. The smallest absolute Gasteiger partial charge is 0.490 e. The van der Waals surface area contributed by atoms with Crippen LogP contribution in [-0.4, -0.2) is 118 Å². The molecular formula is C45H40Cl4F6N8O9. The second-order valence-corrected chi connectivity index (χ2v) is 15.9. The van der Waals surface area contributed by atoms with Gasteiger partial charge in [0.1, 0.15) is 36.5 Å². The molecule has 0 atom stereocenters. The van der Waals surface area contributed by atoms with Crippen LogP contribution in [0.2, 0.25) is 20.1 Å². The number of rotatable bonds is 11. The van der Waals surface area contributed by atoms with Crippen LogP contribution in [0.4, 0.5) is 49.4 Å². The highest BCUT2D eigenvalue weighted by atomic mass is 35.5. The fraction of sp³-hybridized carbons (Fsp3) is 0.222. The number of hydrogen-bond acceptors (Lipinski definition) is 14. The predicted octanol–water partition coefficient (Wildman–Crippen LogP) is 10.6. The van der Waals surface area contributed by atoms with Gasteiger partial charge in [-0.1, -0.05) is 53.0 Å². The van der Waals surface area contributed by atoms with Gasteiger partial charge in [-0.05, 0) is 54.6 Å². The molecule has 4 heterocycles. The number of likely N-dealkylation sites (tertiary alicyclic amines) is 1. The number of aliphatic carboxylic acids is 2. The van der Waals surface area contributed by atoms with Gasteiger partial charge in [0, 0.05) is 46.0 Å². The summed E-state index contributed by atoms with van der Waals surface area (Å²) in [5, 5.41) is 27.5. The van der Waals surface area contributed by atoms with Crippen molar-refractivity contribution in [1.29, 1.82) is 0 Å². The minimum absolute atomic E-state index is 0.111. The van der Waals surface area contributed by atoms with Crippen LogP contribution in [0.5, 0.6) is 23.0 Å². The van der Waals surface area contributed by atoms with E-state index in [0.717, 1.165) is 29.4 Å². The van der Waals surface area contributed by atoms with Crippen molar-refractivity contribution in [2.24, 2.45) is 0 Å². The SMILES string of the molecule is C=C.C=CC(=O)N1CC(Oc2cc3c(Nc4ccc(Cl)cc4Cl)ncnc3cc2OC)C1.COc1cc2ncnc(Nc3ccc(Cl)cc3Cl)c2cc1OC1CNC1.O=C(O)C(F)(F)F.O=C(O)C(F)(F)F. The third kappa shape index (κ3) is 16.0. The maximum atomic E-state index is 11.6. The lowest BCUT2D eigenvalue weighted by Gasteiger charge is -2.38. The van der Waals surface area contributed by atoms with E-state index in [1.165, 1.54) is 18.7 Å². The van der Waals surface area contributed by atoms with E-state index < -0.39 is 24.3 Å². The molecule has 72 heavy (non-hydrogen) atoms. The second-order valence-electron chi connectivity index (χ2n) is 14.2. The number of benzene rings is 4. The van der Waals surface area contributed by atoms with Gasteiger partial charge in [-0.25, -0.2) is 29.5 Å². The first kappa shape index (κ1) is 57.5. The van der Waals surface area contributed by atoms with E-state index in [1.54, 1.807) is 61.6 Å². The molecule has 0 bridgehead atoms. The van der Waals surface area contributed by atoms with Crippen LogP contribution in [0.25, 0.3) is 21.8 Å². The van der Waals surface area contributed by atoms with Gasteiger partial charge in [-0.2, -0.15) is 26.3 Å². The van der Waals surface area contributed by atoms with Gasteiger partial charge in [0.25, 0.3) is 0 Å². The van der Waals surface area contributed by atoms with Crippen molar-refractivity contribution in [3.05, 3.63) is 119 Å². The number of halogens is 10. The highest BCUT2D eigenvalue weighted by Gasteiger charge is 2.39. The molecule has 8 rings (SSSR count). The summed E-state index contributed by atoms with van der Waals surface area (Å²) in [4.78, 5) is 48.4. The number of hydrogen-bond donors (Lipinski definition) is 5. The predicted molar refractivity (Wildman–Crippen MR) is 259 cm³/mol. The van der Waals surface area contributed by atoms with E-state index in [4.69, 9.17) is 85.2 Å². The number of aromatic nitrogens is 4. The van der Waals surface area contributed by atoms with E-state index in [1.807, 2.05) is 18.2 Å². The van der Waals surface area contributed by atoms with Gasteiger partial charge in [0.05, 0.1) is 59.8 Å². The summed E-state index contributed by atoms with van der Waals surface area (Å²) in [5.41, 5.74) is 2.79. The molecule has 17 nitrogen and oxygen atoms in total. The van der Waals surface area contributed by atoms with Crippen LogP contribution in [0, 0.1) is 0 Å². The summed E-state index contributed by atoms with van der Waals surface area (Å²) in [6, 6.07) is 17.7. The molecule has 0 saturated carbocycles. The molecule has 6 aromatic rings. The van der Waals surface area contributed by atoms with Crippen molar-refractivity contribution < 1.29 is 69.9 Å². The van der Waals surface area contributed by atoms with Crippen LogP contribution in [0.15, 0.2) is 99.1 Å². The third-order valence-electron chi connectivity index (χ3n) is 9.36. The van der Waals surface area contributed by atoms with Crippen molar-refractivity contribution >= 4 is 109 Å². The van der Waals surface area contributed by atoms with Gasteiger partial charge < -0.3 is 50.0 Å². The molecule has 0 unspecified atom stereocenters. The number of fused-ring (bicyclic) bond motifs is 2. The summed E-state index contributed by atoms with van der Waals surface area (Å²) in [6.07, 6.45) is -5.92. The van der Waals surface area contributed by atoms with E-state index in [0.29, 0.717) is 84.7 Å². The van der Waals surface area contributed by atoms with Crippen molar-refractivity contribution in [2.75, 3.05) is 51.0 Å². The van der Waals surface area contributed by atoms with Crippen molar-refractivity contribution in [2.45, 2.75) is 24.6 Å². The molecular weight excluding hydrogens is 1050 g/mol. The molecule has 0 spiro atoms. The molecule has 2 aromatic heterocycles. The zero-order valence-electron chi connectivity index (χ0n) is 37.4. The van der Waals surface area contributed by atoms with Crippen LogP contribution >= 0.6 is 46.4 Å². The summed E-state index contributed by atoms with van der Waals surface area (Å²) in [7, 11) is 3.18. The van der Waals surface area contributed by atoms with Crippen molar-refractivity contribution in [1.82, 2.24) is 30.2 Å². The van der Waals surface area contributed by atoms with Gasteiger partial charge in [0.15, 0.2) is 23.0 Å². The zero-order valence-corrected chi connectivity index (χ0v) is 40.4. The van der Waals surface area contributed by atoms with Crippen LogP contribution in [0.3, 0.4) is 0 Å². The maximum Gasteiger partial charge on any atom is 0.490 e. The Morgan fingerprint density at radius 3 is 1.38 bits per heavy atom. The molecule has 2 fully saturated rings. The van der Waals surface area contributed by atoms with Gasteiger partial charge in [-0.15, -0.1) is 13.2 Å². The highest BCUT2D eigenvalue weighted by molar-refractivity contribution is 6.37. The largest absolute Gasteiger partial charge is 0.493 e. The molecule has 384 valence electrons. The Kier molecular flexibility index (Phi) is 20.7. The number of carbonyl (C=O) groups is 3. The fourth-order valence-corrected chi connectivity index (χ4v) is 6.71. The molecule has 4 aromatic carbocycles. The maximum absolute atomic E-state index is 11.6. The number of nitrogens with one attached hydrogen (secondary N) is 3. The molecule has 0 aliphatic carbocycles. The molecule has 0 radical (unpaired) electrons. The first-order valence-electron chi connectivity index (χ1n) is 20.2. The summed E-state index contributed by atoms with van der Waals surface area (Å²) < 4.78 is 86.5. The lowest BCUT2D eigenvalue weighted by molar-refractivity contribution is -0.193. The molecule has 2 aliphatic rings. The van der Waals surface area contributed by atoms with Crippen LogP contribution < -0.4 is 34.9 Å². The molecule has 27 heteroatoms. The summed E-state index contributed by atoms with van der Waals surface area (Å²) in [6.45, 7) is 12.1. The van der Waals surface area contributed by atoms with Gasteiger partial charge in [0.2, 0.25) is 5.91 Å². The highest BCUT2D eigenvalue weighted by Crippen LogP contribution is 2.39. The number of nitrogens with zero attached hydrogens (tertiary/aromatic N) is 5. The fourth-order valence-electron chi connectivity index (χ4n) is 5.79. The van der Waals surface area contributed by atoms with E-state index in [9.17, 15) is 31.1 Å². The molecule has 2 saturated heterocycles. The van der Waals surface area contributed by atoms with Crippen LogP contribution in [0.1, 0.15) is 0 Å². The average Bonchev–Trinajstić information content (AvgIpc) is 3.30. The Balaban J connectivity index is 0.000000242. The number of carboxylic acid groups (broad SMARTS) is 2. The lowest BCUT2D eigenvalue weighted by atomic mass is 10.1. The molecule has 5 N–H and O–H groups in total. The van der Waals surface area contributed by atoms with Gasteiger partial charge in [-0.3, -0.25) is 4.79 Å². The standard InChI is InChI=1S/C21H18Cl2N4O3.C18H16Cl2N4O2.2C2HF3O2.C2H4/c1-3-20(28)27-9-13(10-27)30-19-7-14-17(8-18(19)29-2)24-11-25-21(14)26-16-5-4-12(22)6-15(16)23;1-25-16-6-15-12(5-17(16)26-11-7-21-8-11)18(23-9-22-15)24-14-3-2-10(19)4-13(14)20;2*3-2(4,5)1(6)7;1-2/h3-8,11,13H,1,9-10H2,2H3,(H,24,25,26);2-6,9,11,21H,7-8H2,1H3,(H,22,23,24);2*(H,6,7);1-2H2. The number of methoxy groups -OCH3 is 2. The van der Waals surface area contributed by atoms with Crippen molar-refractivity contribution in [3.63, 3.8) is 0 Å². The topological polar surface area (TPSA) is 219 Å². The lowest BCUT2D eigenvalue weighted by Crippen LogP contribution is -2.55. The van der Waals surface area contributed by atoms with E-state index in [-0.39, 0.29) is 18.1 Å². The Hall–Kier alpha value is -7.05. The quantitative estimate of drug-likeness (QED) is 0.0463. The first-order chi connectivity index (χ1) is 34.0. The Labute approximate surface area is 425 Å². The number of ether oxygens (including phenoxy) is 4. The summed E-state index contributed by atoms with van der Waals surface area (Å²) in [5.74, 6) is -2.05. The van der Waals surface area contributed by atoms with E-state index >= 15 is 0 Å². The molecule has 2 aliphatic heterocycles. The third-order valence-corrected chi connectivity index (χ3v) is 10.5. The Bertz CT molecular complexity index is 2870. The van der Waals surface area contributed by atoms with Crippen molar-refractivity contribution in [3.8, 4) is 23.0 Å². The minimum Gasteiger partial charge on any atom is -0.493 e. The second kappa shape index (κ2) is 25.9. The number of carboxylic acids is 2.